The van der Waals surface area contributed by atoms with E-state index in [1.807, 2.05) is 0 Å². The van der Waals surface area contributed by atoms with Gasteiger partial charge in [-0.25, -0.2) is 13.2 Å². The molecule has 0 saturated carbocycles. The molecule has 1 amide bonds. The maximum atomic E-state index is 12.4. The van der Waals surface area contributed by atoms with Crippen LogP contribution in [0.15, 0.2) is 35.2 Å². The Balaban J connectivity index is 2.76. The lowest BCUT2D eigenvalue weighted by Gasteiger charge is -2.18. The highest BCUT2D eigenvalue weighted by molar-refractivity contribution is 7.89. The van der Waals surface area contributed by atoms with E-state index in [1.165, 1.54) is 35.5 Å². The number of likely N-dealkylation sites (N-methyl/N-ethyl adjacent to an activating group) is 1. The number of carbonyl (C=O) groups excluding carboxylic acids is 2. The van der Waals surface area contributed by atoms with Crippen LogP contribution in [-0.4, -0.2) is 50.3 Å². The number of carbonyl (C=O) groups is 2. The van der Waals surface area contributed by atoms with Gasteiger partial charge in [0.25, 0.3) is 5.91 Å². The standard InChI is InChI=1S/C18H26N2O5S/c1-5-19-18(22)14(4)25-17(21)13-10-15-8-11-16(12-9-15)26(23,24)20(6-2)7-3/h8-14H,5-7H2,1-4H3,(H,19,22)/b13-10+/t14-/m1/s1. The Morgan fingerprint density at radius 3 is 2.23 bits per heavy atom. The summed E-state index contributed by atoms with van der Waals surface area (Å²) in [6, 6.07) is 6.20. The molecule has 0 heterocycles. The van der Waals surface area contributed by atoms with Gasteiger partial charge in [-0.1, -0.05) is 26.0 Å². The average molecular weight is 382 g/mol. The Kier molecular flexibility index (Phi) is 8.47. The minimum atomic E-state index is -3.51. The maximum Gasteiger partial charge on any atom is 0.331 e. The molecule has 1 rings (SSSR count). The zero-order chi connectivity index (χ0) is 19.7. The number of sulfonamides is 1. The van der Waals surface area contributed by atoms with Gasteiger partial charge in [0, 0.05) is 25.7 Å². The van der Waals surface area contributed by atoms with E-state index in [0.717, 1.165) is 0 Å². The normalized spacial score (nSPS) is 13.0. The van der Waals surface area contributed by atoms with Crippen molar-refractivity contribution in [3.05, 3.63) is 35.9 Å². The fraction of sp³-hybridized carbons (Fsp3) is 0.444. The fourth-order valence-electron chi connectivity index (χ4n) is 2.21. The summed E-state index contributed by atoms with van der Waals surface area (Å²) < 4.78 is 31.2. The second-order valence-electron chi connectivity index (χ2n) is 5.47. The zero-order valence-corrected chi connectivity index (χ0v) is 16.4. The molecule has 0 radical (unpaired) electrons. The third-order valence-corrected chi connectivity index (χ3v) is 5.71. The van der Waals surface area contributed by atoms with Gasteiger partial charge in [0.1, 0.15) is 0 Å². The molecule has 7 nitrogen and oxygen atoms in total. The Morgan fingerprint density at radius 1 is 1.15 bits per heavy atom. The van der Waals surface area contributed by atoms with Crippen LogP contribution >= 0.6 is 0 Å². The minimum Gasteiger partial charge on any atom is -0.449 e. The molecule has 1 aromatic carbocycles. The van der Waals surface area contributed by atoms with Gasteiger partial charge < -0.3 is 10.1 Å². The van der Waals surface area contributed by atoms with Crippen LogP contribution in [0.1, 0.15) is 33.3 Å². The summed E-state index contributed by atoms with van der Waals surface area (Å²) in [5.41, 5.74) is 0.645. The number of nitrogens with zero attached hydrogens (tertiary/aromatic N) is 1. The van der Waals surface area contributed by atoms with Gasteiger partial charge in [-0.2, -0.15) is 4.31 Å². The highest BCUT2D eigenvalue weighted by atomic mass is 32.2. The lowest BCUT2D eigenvalue weighted by atomic mass is 10.2. The largest absolute Gasteiger partial charge is 0.449 e. The molecule has 0 bridgehead atoms. The van der Waals surface area contributed by atoms with Crippen LogP contribution in [-0.2, 0) is 24.3 Å². The number of ether oxygens (including phenoxy) is 1. The average Bonchev–Trinajstić information content (AvgIpc) is 2.61. The van der Waals surface area contributed by atoms with Crippen molar-refractivity contribution in [1.82, 2.24) is 9.62 Å². The summed E-state index contributed by atoms with van der Waals surface area (Å²) in [5.74, 6) is -1.01. The van der Waals surface area contributed by atoms with E-state index < -0.39 is 22.1 Å². The molecule has 8 heteroatoms. The first-order valence-corrected chi connectivity index (χ1v) is 9.96. The van der Waals surface area contributed by atoms with Crippen molar-refractivity contribution in [2.24, 2.45) is 0 Å². The van der Waals surface area contributed by atoms with Crippen LogP contribution in [0, 0.1) is 0 Å². The molecule has 0 spiro atoms. The topological polar surface area (TPSA) is 92.8 Å². The van der Waals surface area contributed by atoms with Crippen molar-refractivity contribution in [2.45, 2.75) is 38.7 Å². The van der Waals surface area contributed by atoms with Crippen LogP contribution in [0.4, 0.5) is 0 Å². The van der Waals surface area contributed by atoms with Gasteiger partial charge in [-0.3, -0.25) is 4.79 Å². The van der Waals surface area contributed by atoms with Gasteiger partial charge in [0.2, 0.25) is 10.0 Å². The van der Waals surface area contributed by atoms with E-state index in [1.54, 1.807) is 32.9 Å². The minimum absolute atomic E-state index is 0.200. The summed E-state index contributed by atoms with van der Waals surface area (Å²) >= 11 is 0. The number of esters is 1. The van der Waals surface area contributed by atoms with Gasteiger partial charge in [0.05, 0.1) is 4.90 Å². The summed E-state index contributed by atoms with van der Waals surface area (Å²) in [6.07, 6.45) is 1.82. The summed E-state index contributed by atoms with van der Waals surface area (Å²) in [4.78, 5) is 23.5. The number of nitrogens with one attached hydrogen (secondary N) is 1. The van der Waals surface area contributed by atoms with Crippen molar-refractivity contribution in [3.63, 3.8) is 0 Å². The molecular weight excluding hydrogens is 356 g/mol. The number of rotatable bonds is 9. The summed E-state index contributed by atoms with van der Waals surface area (Å²) in [5, 5.41) is 2.56. The molecule has 0 aromatic heterocycles. The third kappa shape index (κ3) is 5.96. The quantitative estimate of drug-likeness (QED) is 0.519. The third-order valence-electron chi connectivity index (χ3n) is 3.65. The van der Waals surface area contributed by atoms with Crippen LogP contribution in [0.3, 0.4) is 0 Å². The maximum absolute atomic E-state index is 12.4. The van der Waals surface area contributed by atoms with Crippen LogP contribution in [0.25, 0.3) is 6.08 Å². The lowest BCUT2D eigenvalue weighted by molar-refractivity contribution is -0.150. The highest BCUT2D eigenvalue weighted by Gasteiger charge is 2.21. The van der Waals surface area contributed by atoms with Crippen LogP contribution in [0.2, 0.25) is 0 Å². The highest BCUT2D eigenvalue weighted by Crippen LogP contribution is 2.16. The molecule has 1 N–H and O–H groups in total. The molecule has 1 atom stereocenters. The summed E-state index contributed by atoms with van der Waals surface area (Å²) in [7, 11) is -3.51. The van der Waals surface area contributed by atoms with Crippen molar-refractivity contribution in [2.75, 3.05) is 19.6 Å². The monoisotopic (exact) mass is 382 g/mol. The Hall–Kier alpha value is -2.19. The van der Waals surface area contributed by atoms with Crippen molar-refractivity contribution in [3.8, 4) is 0 Å². The number of hydrogen-bond acceptors (Lipinski definition) is 5. The smallest absolute Gasteiger partial charge is 0.331 e. The second-order valence-corrected chi connectivity index (χ2v) is 7.40. The predicted molar refractivity (Wildman–Crippen MR) is 99.8 cm³/mol. The zero-order valence-electron chi connectivity index (χ0n) is 15.6. The predicted octanol–water partition coefficient (Wildman–Crippen LogP) is 1.80. The first-order valence-electron chi connectivity index (χ1n) is 8.52. The summed E-state index contributed by atoms with van der Waals surface area (Å²) in [6.45, 7) is 8.09. The lowest BCUT2D eigenvalue weighted by Crippen LogP contribution is -2.35. The molecule has 0 fully saturated rings. The van der Waals surface area contributed by atoms with E-state index in [0.29, 0.717) is 25.2 Å². The van der Waals surface area contributed by atoms with E-state index in [9.17, 15) is 18.0 Å². The Bertz CT molecular complexity index is 737. The van der Waals surface area contributed by atoms with Gasteiger partial charge in [-0.15, -0.1) is 0 Å². The number of hydrogen-bond donors (Lipinski definition) is 1. The molecule has 0 aliphatic rings. The molecule has 0 aliphatic heterocycles. The SMILES string of the molecule is CCNC(=O)[C@@H](C)OC(=O)/C=C/c1ccc(S(=O)(=O)N(CC)CC)cc1. The number of benzene rings is 1. The van der Waals surface area contributed by atoms with E-state index in [2.05, 4.69) is 5.32 Å². The first-order chi connectivity index (χ1) is 12.3. The van der Waals surface area contributed by atoms with Crippen LogP contribution in [0.5, 0.6) is 0 Å². The Labute approximate surface area is 155 Å². The molecule has 0 saturated heterocycles. The Morgan fingerprint density at radius 2 is 1.73 bits per heavy atom. The van der Waals surface area contributed by atoms with Gasteiger partial charge >= 0.3 is 5.97 Å². The molecule has 0 aliphatic carbocycles. The van der Waals surface area contributed by atoms with E-state index in [4.69, 9.17) is 4.74 Å². The van der Waals surface area contributed by atoms with E-state index >= 15 is 0 Å². The molecular formula is C18H26N2O5S. The fourth-order valence-corrected chi connectivity index (χ4v) is 3.67. The van der Waals surface area contributed by atoms with Crippen molar-refractivity contribution >= 4 is 28.0 Å². The number of amides is 1. The van der Waals surface area contributed by atoms with Gasteiger partial charge in [0.15, 0.2) is 6.10 Å². The molecule has 26 heavy (non-hydrogen) atoms. The van der Waals surface area contributed by atoms with Gasteiger partial charge in [-0.05, 0) is 37.6 Å². The molecule has 144 valence electrons. The molecule has 1 aromatic rings. The second kappa shape index (κ2) is 10.1. The van der Waals surface area contributed by atoms with Crippen molar-refractivity contribution in [1.29, 1.82) is 0 Å². The molecule has 0 unspecified atom stereocenters. The van der Waals surface area contributed by atoms with E-state index in [-0.39, 0.29) is 10.8 Å². The first kappa shape index (κ1) is 21.9. The van der Waals surface area contributed by atoms with Crippen LogP contribution < -0.4 is 5.32 Å². The van der Waals surface area contributed by atoms with Crippen molar-refractivity contribution < 1.29 is 22.7 Å².